The number of para-hydroxylation sites is 1. The predicted octanol–water partition coefficient (Wildman–Crippen LogP) is 5.02. The van der Waals surface area contributed by atoms with Crippen LogP contribution in [0.2, 0.25) is 0 Å². The van der Waals surface area contributed by atoms with E-state index in [0.717, 1.165) is 28.4 Å². The molecule has 30 heavy (non-hydrogen) atoms. The number of nitrogens with zero attached hydrogens (tertiary/aromatic N) is 2. The molecule has 0 fully saturated rings. The van der Waals surface area contributed by atoms with Gasteiger partial charge in [0.05, 0.1) is 23.4 Å². The lowest BCUT2D eigenvalue weighted by atomic mass is 10.0. The summed E-state index contributed by atoms with van der Waals surface area (Å²) in [7, 11) is 1.62. The summed E-state index contributed by atoms with van der Waals surface area (Å²) in [6, 6.07) is 13.4. The molecule has 0 saturated heterocycles. The number of carbonyl (C=O) groups excluding carboxylic acids is 1. The number of methoxy groups -OCH3 is 1. The van der Waals surface area contributed by atoms with Crippen molar-refractivity contribution in [3.05, 3.63) is 69.7 Å². The zero-order valence-electron chi connectivity index (χ0n) is 17.3. The highest BCUT2D eigenvalue weighted by molar-refractivity contribution is 7.09. The molecule has 1 aliphatic heterocycles. The number of nitrogens with one attached hydrogen (secondary N) is 1. The van der Waals surface area contributed by atoms with Crippen LogP contribution in [-0.2, 0) is 6.61 Å². The molecular weight excluding hydrogens is 398 g/mol. The molecule has 2 aromatic carbocycles. The van der Waals surface area contributed by atoms with Gasteiger partial charge in [0, 0.05) is 17.6 Å². The largest absolute Gasteiger partial charge is 0.493 e. The van der Waals surface area contributed by atoms with E-state index in [2.05, 4.69) is 17.2 Å². The fourth-order valence-corrected chi connectivity index (χ4v) is 4.22. The average Bonchev–Trinajstić information content (AvgIpc) is 3.19. The molecule has 4 rings (SSSR count). The minimum atomic E-state index is -0.267. The Bertz CT molecular complexity index is 1050. The van der Waals surface area contributed by atoms with Crippen LogP contribution < -0.4 is 14.8 Å². The van der Waals surface area contributed by atoms with Gasteiger partial charge in [0.15, 0.2) is 11.5 Å². The van der Waals surface area contributed by atoms with Gasteiger partial charge in [-0.1, -0.05) is 25.1 Å². The normalized spacial score (nSPS) is 15.5. The molecule has 1 N–H and O–H groups in total. The molecule has 2 heterocycles. The van der Waals surface area contributed by atoms with E-state index in [1.807, 2.05) is 59.7 Å². The summed E-state index contributed by atoms with van der Waals surface area (Å²) >= 11 is 1.60. The number of fused-ring (bicyclic) bond motifs is 1. The predicted molar refractivity (Wildman–Crippen MR) is 118 cm³/mol. The third-order valence-electron chi connectivity index (χ3n) is 5.03. The number of carbonyl (C=O) groups is 1. The molecule has 0 spiro atoms. The molecule has 0 unspecified atom stereocenters. The van der Waals surface area contributed by atoms with Crippen molar-refractivity contribution in [3.8, 4) is 11.5 Å². The lowest BCUT2D eigenvalue weighted by Crippen LogP contribution is -2.43. The Hall–Kier alpha value is -3.06. The maximum absolute atomic E-state index is 13.1. The van der Waals surface area contributed by atoms with Gasteiger partial charge in [-0.3, -0.25) is 4.79 Å². The quantitative estimate of drug-likeness (QED) is 0.578. The van der Waals surface area contributed by atoms with E-state index in [9.17, 15) is 4.79 Å². The lowest BCUT2D eigenvalue weighted by Gasteiger charge is -2.38. The number of amides is 1. The molecule has 0 bridgehead atoms. The Balaban J connectivity index is 1.61. The SMILES string of the molecule is CCCN1C(=O)c2ccccc2N[C@@H]1c1ccc(OCc2csc(C)n2)c(OC)c1. The fourth-order valence-electron chi connectivity index (χ4n) is 3.63. The molecule has 1 amide bonds. The molecule has 1 atom stereocenters. The summed E-state index contributed by atoms with van der Waals surface area (Å²) in [6.07, 6.45) is 0.605. The van der Waals surface area contributed by atoms with Crippen molar-refractivity contribution in [1.29, 1.82) is 0 Å². The second-order valence-electron chi connectivity index (χ2n) is 7.15. The topological polar surface area (TPSA) is 63.7 Å². The van der Waals surface area contributed by atoms with Gasteiger partial charge in [0.1, 0.15) is 12.8 Å². The van der Waals surface area contributed by atoms with E-state index in [-0.39, 0.29) is 12.1 Å². The Kier molecular flexibility index (Phi) is 5.90. The molecule has 1 aromatic heterocycles. The number of hydrogen-bond donors (Lipinski definition) is 1. The second-order valence-corrected chi connectivity index (χ2v) is 8.21. The molecule has 1 aliphatic rings. The smallest absolute Gasteiger partial charge is 0.257 e. The summed E-state index contributed by atoms with van der Waals surface area (Å²) in [5.74, 6) is 1.31. The highest BCUT2D eigenvalue weighted by Crippen LogP contribution is 2.37. The molecular formula is C23H25N3O3S. The first-order chi connectivity index (χ1) is 14.6. The summed E-state index contributed by atoms with van der Waals surface area (Å²) < 4.78 is 11.5. The maximum Gasteiger partial charge on any atom is 0.257 e. The van der Waals surface area contributed by atoms with Gasteiger partial charge in [-0.2, -0.15) is 0 Å². The number of aromatic nitrogens is 1. The first-order valence-electron chi connectivity index (χ1n) is 9.99. The molecule has 3 aromatic rings. The van der Waals surface area contributed by atoms with E-state index in [1.165, 1.54) is 0 Å². The molecule has 6 nitrogen and oxygen atoms in total. The first kappa shape index (κ1) is 20.2. The first-order valence-corrected chi connectivity index (χ1v) is 10.9. The summed E-state index contributed by atoms with van der Waals surface area (Å²) in [5.41, 5.74) is 3.39. The van der Waals surface area contributed by atoms with E-state index in [4.69, 9.17) is 9.47 Å². The Morgan fingerprint density at radius 3 is 2.77 bits per heavy atom. The minimum absolute atomic E-state index is 0.0365. The van der Waals surface area contributed by atoms with Gasteiger partial charge in [-0.15, -0.1) is 11.3 Å². The highest BCUT2D eigenvalue weighted by atomic mass is 32.1. The zero-order chi connectivity index (χ0) is 21.1. The standard InChI is InChI=1S/C23H25N3O3S/c1-4-11-26-22(25-19-8-6-5-7-18(19)23(26)27)16-9-10-20(21(12-16)28-3)29-13-17-14-30-15(2)24-17/h5-10,12,14,22,25H,4,11,13H2,1-3H3/t22-/m0/s1. The molecule has 0 saturated carbocycles. The van der Waals surface area contributed by atoms with Crippen LogP contribution in [-0.4, -0.2) is 29.4 Å². The summed E-state index contributed by atoms with van der Waals surface area (Å²) in [6.45, 7) is 5.09. The number of anilines is 1. The number of thiazole rings is 1. The van der Waals surface area contributed by atoms with Crippen LogP contribution in [0.15, 0.2) is 47.8 Å². The van der Waals surface area contributed by atoms with Gasteiger partial charge in [-0.05, 0) is 43.2 Å². The number of aryl methyl sites for hydroxylation is 1. The van der Waals surface area contributed by atoms with Crippen LogP contribution in [0, 0.1) is 6.92 Å². The maximum atomic E-state index is 13.1. The number of rotatable bonds is 7. The lowest BCUT2D eigenvalue weighted by molar-refractivity contribution is 0.0683. The second kappa shape index (κ2) is 8.75. The average molecular weight is 424 g/mol. The van der Waals surface area contributed by atoms with Crippen LogP contribution in [0.25, 0.3) is 0 Å². The van der Waals surface area contributed by atoms with Gasteiger partial charge in [-0.25, -0.2) is 4.98 Å². The molecule has 0 aliphatic carbocycles. The zero-order valence-corrected chi connectivity index (χ0v) is 18.2. The minimum Gasteiger partial charge on any atom is -0.493 e. The van der Waals surface area contributed by atoms with Gasteiger partial charge in [0.25, 0.3) is 5.91 Å². The highest BCUT2D eigenvalue weighted by Gasteiger charge is 2.32. The monoisotopic (exact) mass is 423 g/mol. The van der Waals surface area contributed by atoms with Crippen LogP contribution in [0.3, 0.4) is 0 Å². The Morgan fingerprint density at radius 1 is 1.20 bits per heavy atom. The van der Waals surface area contributed by atoms with E-state index in [1.54, 1.807) is 18.4 Å². The molecule has 7 heteroatoms. The van der Waals surface area contributed by atoms with Crippen molar-refractivity contribution in [3.63, 3.8) is 0 Å². The number of ether oxygens (including phenoxy) is 2. The van der Waals surface area contributed by atoms with Gasteiger partial charge >= 0.3 is 0 Å². The molecule has 0 radical (unpaired) electrons. The van der Waals surface area contributed by atoms with Crippen molar-refractivity contribution in [2.24, 2.45) is 0 Å². The van der Waals surface area contributed by atoms with Crippen molar-refractivity contribution >= 4 is 22.9 Å². The van der Waals surface area contributed by atoms with E-state index < -0.39 is 0 Å². The molecule has 156 valence electrons. The van der Waals surface area contributed by atoms with E-state index >= 15 is 0 Å². The van der Waals surface area contributed by atoms with Crippen molar-refractivity contribution in [1.82, 2.24) is 9.88 Å². The fraction of sp³-hybridized carbons (Fsp3) is 0.304. The van der Waals surface area contributed by atoms with Gasteiger partial charge < -0.3 is 19.7 Å². The number of hydrogen-bond acceptors (Lipinski definition) is 6. The Labute approximate surface area is 180 Å². The third-order valence-corrected chi connectivity index (χ3v) is 5.85. The van der Waals surface area contributed by atoms with Crippen LogP contribution in [0.4, 0.5) is 5.69 Å². The van der Waals surface area contributed by atoms with Crippen molar-refractivity contribution in [2.75, 3.05) is 19.0 Å². The van der Waals surface area contributed by atoms with Crippen molar-refractivity contribution < 1.29 is 14.3 Å². The van der Waals surface area contributed by atoms with Crippen LogP contribution in [0.1, 0.15) is 46.1 Å². The number of benzene rings is 2. The Morgan fingerprint density at radius 2 is 2.03 bits per heavy atom. The summed E-state index contributed by atoms with van der Waals surface area (Å²) in [4.78, 5) is 19.4. The van der Waals surface area contributed by atoms with Gasteiger partial charge in [0.2, 0.25) is 0 Å². The summed E-state index contributed by atoms with van der Waals surface area (Å²) in [5, 5.41) is 6.52. The van der Waals surface area contributed by atoms with Crippen LogP contribution in [0.5, 0.6) is 11.5 Å². The van der Waals surface area contributed by atoms with E-state index in [0.29, 0.717) is 30.2 Å². The third kappa shape index (κ3) is 3.98. The van der Waals surface area contributed by atoms with Crippen LogP contribution >= 0.6 is 11.3 Å². The van der Waals surface area contributed by atoms with Crippen molar-refractivity contribution in [2.45, 2.75) is 33.0 Å².